The van der Waals surface area contributed by atoms with Crippen LogP contribution in [0.4, 0.5) is 0 Å². The van der Waals surface area contributed by atoms with Crippen LogP contribution in [0.25, 0.3) is 5.69 Å². The van der Waals surface area contributed by atoms with Gasteiger partial charge < -0.3 is 15.2 Å². The maximum atomic E-state index is 12.2. The minimum Gasteiger partial charge on any atom is -0.351 e. The smallest absolute Gasteiger partial charge is 0.268 e. The Balaban J connectivity index is 2.01. The first-order valence-electron chi connectivity index (χ1n) is 6.73. The Kier molecular flexibility index (Phi) is 5.76. The SMILES string of the molecule is C=CC(=O)NCCNC(=O)c1cccn1-c1cccc(I)c1. The zero-order chi connectivity index (χ0) is 15.9. The molecule has 0 unspecified atom stereocenters. The quantitative estimate of drug-likeness (QED) is 0.436. The summed E-state index contributed by atoms with van der Waals surface area (Å²) in [5, 5.41) is 5.39. The molecule has 0 aliphatic rings. The Morgan fingerprint density at radius 2 is 1.95 bits per heavy atom. The standard InChI is InChI=1S/C16H16IN3O2/c1-2-15(21)18-8-9-19-16(22)14-7-4-10-20(14)13-6-3-5-12(17)11-13/h2-7,10-11H,1,8-9H2,(H,18,21)(H,19,22). The molecule has 0 fully saturated rings. The summed E-state index contributed by atoms with van der Waals surface area (Å²) in [6, 6.07) is 11.5. The van der Waals surface area contributed by atoms with Gasteiger partial charge in [0.05, 0.1) is 0 Å². The summed E-state index contributed by atoms with van der Waals surface area (Å²) in [7, 11) is 0. The van der Waals surface area contributed by atoms with Crippen LogP contribution in [0.5, 0.6) is 0 Å². The van der Waals surface area contributed by atoms with Gasteiger partial charge in [-0.25, -0.2) is 0 Å². The van der Waals surface area contributed by atoms with Crippen molar-refractivity contribution in [3.63, 3.8) is 0 Å². The van der Waals surface area contributed by atoms with Gasteiger partial charge in [-0.3, -0.25) is 9.59 Å². The van der Waals surface area contributed by atoms with E-state index in [1.54, 1.807) is 6.07 Å². The van der Waals surface area contributed by atoms with Gasteiger partial charge in [0.15, 0.2) is 0 Å². The zero-order valence-corrected chi connectivity index (χ0v) is 14.0. The second-order valence-corrected chi connectivity index (χ2v) is 5.74. The van der Waals surface area contributed by atoms with Crippen molar-refractivity contribution in [2.24, 2.45) is 0 Å². The Morgan fingerprint density at radius 3 is 2.68 bits per heavy atom. The van der Waals surface area contributed by atoms with Crippen LogP contribution in [0.15, 0.2) is 55.3 Å². The lowest BCUT2D eigenvalue weighted by molar-refractivity contribution is -0.116. The van der Waals surface area contributed by atoms with Gasteiger partial charge in [0.25, 0.3) is 5.91 Å². The van der Waals surface area contributed by atoms with Gasteiger partial charge in [0.1, 0.15) is 5.69 Å². The van der Waals surface area contributed by atoms with Crippen molar-refractivity contribution in [3.8, 4) is 5.69 Å². The van der Waals surface area contributed by atoms with Crippen LogP contribution >= 0.6 is 22.6 Å². The predicted octanol–water partition coefficient (Wildman–Crippen LogP) is 2.11. The monoisotopic (exact) mass is 409 g/mol. The van der Waals surface area contributed by atoms with Crippen LogP contribution in [-0.2, 0) is 4.79 Å². The molecule has 1 heterocycles. The number of amides is 2. The lowest BCUT2D eigenvalue weighted by Crippen LogP contribution is -2.34. The van der Waals surface area contributed by atoms with E-state index >= 15 is 0 Å². The fourth-order valence-corrected chi connectivity index (χ4v) is 2.47. The minimum atomic E-state index is -0.253. The number of rotatable bonds is 6. The van der Waals surface area contributed by atoms with Crippen molar-refractivity contribution < 1.29 is 9.59 Å². The molecule has 1 aromatic carbocycles. The zero-order valence-electron chi connectivity index (χ0n) is 11.9. The molecule has 5 nitrogen and oxygen atoms in total. The van der Waals surface area contributed by atoms with Crippen LogP contribution in [0.3, 0.4) is 0 Å². The molecule has 6 heteroatoms. The Labute approximate surface area is 142 Å². The van der Waals surface area contributed by atoms with E-state index in [4.69, 9.17) is 0 Å². The van der Waals surface area contributed by atoms with Gasteiger partial charge in [0.2, 0.25) is 5.91 Å². The molecule has 2 rings (SSSR count). The first kappa shape index (κ1) is 16.3. The highest BCUT2D eigenvalue weighted by atomic mass is 127. The van der Waals surface area contributed by atoms with Crippen molar-refractivity contribution in [2.75, 3.05) is 13.1 Å². The van der Waals surface area contributed by atoms with Crippen molar-refractivity contribution in [2.45, 2.75) is 0 Å². The fourth-order valence-electron chi connectivity index (χ4n) is 1.94. The number of nitrogens with one attached hydrogen (secondary N) is 2. The number of aromatic nitrogens is 1. The van der Waals surface area contributed by atoms with E-state index in [1.165, 1.54) is 6.08 Å². The third-order valence-electron chi connectivity index (χ3n) is 2.96. The summed E-state index contributed by atoms with van der Waals surface area (Å²) in [6.45, 7) is 4.08. The molecule has 0 saturated heterocycles. The van der Waals surface area contributed by atoms with E-state index in [2.05, 4.69) is 39.8 Å². The summed E-state index contributed by atoms with van der Waals surface area (Å²) in [4.78, 5) is 23.2. The highest BCUT2D eigenvalue weighted by molar-refractivity contribution is 14.1. The third kappa shape index (κ3) is 4.20. The maximum absolute atomic E-state index is 12.2. The second-order valence-electron chi connectivity index (χ2n) is 4.49. The molecule has 0 spiro atoms. The number of halogens is 1. The molecular weight excluding hydrogens is 393 g/mol. The van der Waals surface area contributed by atoms with E-state index in [9.17, 15) is 9.59 Å². The topological polar surface area (TPSA) is 63.1 Å². The van der Waals surface area contributed by atoms with Gasteiger partial charge in [-0.1, -0.05) is 12.6 Å². The first-order chi connectivity index (χ1) is 10.6. The molecule has 0 aliphatic heterocycles. The van der Waals surface area contributed by atoms with Crippen LogP contribution in [-0.4, -0.2) is 29.5 Å². The molecule has 114 valence electrons. The summed E-state index contributed by atoms with van der Waals surface area (Å²) >= 11 is 2.23. The lowest BCUT2D eigenvalue weighted by atomic mass is 10.3. The van der Waals surface area contributed by atoms with Gasteiger partial charge in [-0.15, -0.1) is 0 Å². The Hall–Kier alpha value is -2.09. The molecule has 22 heavy (non-hydrogen) atoms. The van der Waals surface area contributed by atoms with Crippen molar-refractivity contribution in [1.82, 2.24) is 15.2 Å². The van der Waals surface area contributed by atoms with Crippen molar-refractivity contribution >= 4 is 34.4 Å². The molecule has 0 saturated carbocycles. The molecule has 1 aromatic heterocycles. The van der Waals surface area contributed by atoms with Gasteiger partial charge >= 0.3 is 0 Å². The van der Waals surface area contributed by atoms with Crippen molar-refractivity contribution in [3.05, 3.63) is 64.5 Å². The number of carbonyl (C=O) groups is 2. The van der Waals surface area contributed by atoms with E-state index < -0.39 is 0 Å². The second kappa shape index (κ2) is 7.79. The highest BCUT2D eigenvalue weighted by Crippen LogP contribution is 2.15. The highest BCUT2D eigenvalue weighted by Gasteiger charge is 2.11. The number of hydrogen-bond donors (Lipinski definition) is 2. The van der Waals surface area contributed by atoms with E-state index in [0.717, 1.165) is 9.26 Å². The summed E-state index contributed by atoms with van der Waals surface area (Å²) in [5.74, 6) is -0.437. The molecule has 2 aromatic rings. The average Bonchev–Trinajstić information content (AvgIpc) is 3.00. The number of carbonyl (C=O) groups excluding carboxylic acids is 2. The fraction of sp³-hybridized carbons (Fsp3) is 0.125. The molecule has 0 bridgehead atoms. The molecule has 2 amide bonds. The molecule has 2 N–H and O–H groups in total. The van der Waals surface area contributed by atoms with E-state index in [-0.39, 0.29) is 11.8 Å². The van der Waals surface area contributed by atoms with E-state index in [1.807, 2.05) is 41.1 Å². The van der Waals surface area contributed by atoms with Crippen LogP contribution in [0.2, 0.25) is 0 Å². The number of benzene rings is 1. The van der Waals surface area contributed by atoms with Gasteiger partial charge in [-0.05, 0) is 59.0 Å². The van der Waals surface area contributed by atoms with Gasteiger partial charge in [-0.2, -0.15) is 0 Å². The van der Waals surface area contributed by atoms with Gasteiger partial charge in [0, 0.05) is 28.5 Å². The Morgan fingerprint density at radius 1 is 1.18 bits per heavy atom. The first-order valence-corrected chi connectivity index (χ1v) is 7.81. The summed E-state index contributed by atoms with van der Waals surface area (Å²) in [6.07, 6.45) is 3.05. The van der Waals surface area contributed by atoms with Crippen LogP contribution < -0.4 is 10.6 Å². The lowest BCUT2D eigenvalue weighted by Gasteiger charge is -2.10. The minimum absolute atomic E-state index is 0.184. The number of hydrogen-bond acceptors (Lipinski definition) is 2. The summed E-state index contributed by atoms with van der Waals surface area (Å²) in [5.41, 5.74) is 1.49. The maximum Gasteiger partial charge on any atom is 0.268 e. The molecular formula is C16H16IN3O2. The Bertz CT molecular complexity index is 694. The average molecular weight is 409 g/mol. The van der Waals surface area contributed by atoms with E-state index in [0.29, 0.717) is 18.8 Å². The van der Waals surface area contributed by atoms with Crippen LogP contribution in [0.1, 0.15) is 10.5 Å². The summed E-state index contributed by atoms with van der Waals surface area (Å²) < 4.78 is 2.93. The third-order valence-corrected chi connectivity index (χ3v) is 3.63. The largest absolute Gasteiger partial charge is 0.351 e. The normalized spacial score (nSPS) is 10.0. The molecule has 0 atom stereocenters. The number of nitrogens with zero attached hydrogens (tertiary/aromatic N) is 1. The van der Waals surface area contributed by atoms with Crippen molar-refractivity contribution in [1.29, 1.82) is 0 Å². The molecule has 0 radical (unpaired) electrons. The molecule has 0 aliphatic carbocycles. The van der Waals surface area contributed by atoms with Crippen LogP contribution in [0, 0.1) is 3.57 Å². The predicted molar refractivity (Wildman–Crippen MR) is 94.0 cm³/mol.